The van der Waals surface area contributed by atoms with Crippen molar-refractivity contribution >= 4 is 23.4 Å². The Morgan fingerprint density at radius 2 is 2.10 bits per heavy atom. The van der Waals surface area contributed by atoms with Crippen LogP contribution >= 0.6 is 23.4 Å². The lowest BCUT2D eigenvalue weighted by Gasteiger charge is -2.29. The van der Waals surface area contributed by atoms with Crippen LogP contribution in [0.2, 0.25) is 5.02 Å². The molecule has 1 aliphatic heterocycles. The number of hydrogen-bond donors (Lipinski definition) is 1. The molecule has 3 rings (SSSR count). The maximum atomic E-state index is 10.5. The lowest BCUT2D eigenvalue weighted by atomic mass is 9.89. The highest BCUT2D eigenvalue weighted by molar-refractivity contribution is 7.99. The maximum absolute atomic E-state index is 10.5. The Kier molecular flexibility index (Phi) is 4.73. The highest BCUT2D eigenvalue weighted by atomic mass is 35.5. The monoisotopic (exact) mass is 320 g/mol. The zero-order chi connectivity index (χ0) is 14.7. The Bertz CT molecular complexity index is 617. The molecule has 2 atom stereocenters. The van der Waals surface area contributed by atoms with Crippen LogP contribution in [0.15, 0.2) is 53.4 Å². The van der Waals surface area contributed by atoms with Crippen molar-refractivity contribution in [3.05, 3.63) is 59.1 Å². The fourth-order valence-corrected chi connectivity index (χ4v) is 3.86. The van der Waals surface area contributed by atoms with Crippen LogP contribution < -0.4 is 4.74 Å². The summed E-state index contributed by atoms with van der Waals surface area (Å²) in [6, 6.07) is 15.7. The van der Waals surface area contributed by atoms with E-state index in [4.69, 9.17) is 16.3 Å². The normalized spacial score (nSPS) is 18.7. The van der Waals surface area contributed by atoms with Crippen molar-refractivity contribution in [1.29, 1.82) is 0 Å². The van der Waals surface area contributed by atoms with Crippen LogP contribution in [-0.2, 0) is 0 Å². The van der Waals surface area contributed by atoms with Crippen molar-refractivity contribution in [2.24, 2.45) is 0 Å². The molecule has 0 spiro atoms. The molecule has 2 nitrogen and oxygen atoms in total. The van der Waals surface area contributed by atoms with E-state index in [0.29, 0.717) is 12.4 Å². The van der Waals surface area contributed by atoms with E-state index in [2.05, 4.69) is 0 Å². The minimum absolute atomic E-state index is 0.140. The quantitative estimate of drug-likeness (QED) is 0.849. The molecule has 1 heterocycles. The summed E-state index contributed by atoms with van der Waals surface area (Å²) in [5, 5.41) is 11.3. The third kappa shape index (κ3) is 3.54. The van der Waals surface area contributed by atoms with Crippen LogP contribution in [0.1, 0.15) is 17.9 Å². The third-order valence-electron chi connectivity index (χ3n) is 3.69. The molecule has 0 aliphatic carbocycles. The Hall–Kier alpha value is -1.16. The van der Waals surface area contributed by atoms with Crippen molar-refractivity contribution < 1.29 is 9.84 Å². The molecule has 0 amide bonds. The molecule has 21 heavy (non-hydrogen) atoms. The number of para-hydroxylation sites is 1. The van der Waals surface area contributed by atoms with E-state index < -0.39 is 0 Å². The maximum Gasteiger partial charge on any atom is 0.122 e. The molecule has 110 valence electrons. The fraction of sp³-hybridized carbons (Fsp3) is 0.294. The molecule has 1 aliphatic rings. The molecular weight excluding hydrogens is 304 g/mol. The number of aliphatic hydroxyl groups is 1. The fourth-order valence-electron chi connectivity index (χ4n) is 2.62. The molecule has 0 aromatic heterocycles. The van der Waals surface area contributed by atoms with Gasteiger partial charge in [0, 0.05) is 21.6 Å². The van der Waals surface area contributed by atoms with Crippen molar-refractivity contribution in [3.63, 3.8) is 0 Å². The smallest absolute Gasteiger partial charge is 0.122 e. The van der Waals surface area contributed by atoms with Gasteiger partial charge in [0.25, 0.3) is 0 Å². The van der Waals surface area contributed by atoms with Crippen molar-refractivity contribution in [1.82, 2.24) is 0 Å². The summed E-state index contributed by atoms with van der Waals surface area (Å²) in [5.74, 6) is 1.70. The minimum atomic E-state index is -0.390. The number of hydrogen-bond acceptors (Lipinski definition) is 3. The van der Waals surface area contributed by atoms with Gasteiger partial charge in [-0.15, -0.1) is 11.8 Å². The summed E-state index contributed by atoms with van der Waals surface area (Å²) in [7, 11) is 0. The SMILES string of the molecule is OC(CSc1cccc(Cl)c1)C1CCOc2ccccc21. The number of thioether (sulfide) groups is 1. The molecule has 2 aromatic rings. The van der Waals surface area contributed by atoms with E-state index in [-0.39, 0.29) is 12.0 Å². The summed E-state index contributed by atoms with van der Waals surface area (Å²) >= 11 is 7.62. The Morgan fingerprint density at radius 3 is 2.95 bits per heavy atom. The number of benzene rings is 2. The number of ether oxygens (including phenoxy) is 1. The van der Waals surface area contributed by atoms with E-state index >= 15 is 0 Å². The van der Waals surface area contributed by atoms with Gasteiger partial charge in [0.05, 0.1) is 12.7 Å². The molecule has 0 radical (unpaired) electrons. The standard InChI is InChI=1S/C17H17ClO2S/c18-12-4-3-5-13(10-12)21-11-16(19)14-8-9-20-17-7-2-1-6-15(14)17/h1-7,10,14,16,19H,8-9,11H2. The van der Waals surface area contributed by atoms with Gasteiger partial charge in [0.1, 0.15) is 5.75 Å². The van der Waals surface area contributed by atoms with E-state index in [1.54, 1.807) is 11.8 Å². The summed E-state index contributed by atoms with van der Waals surface area (Å²) in [5.41, 5.74) is 1.11. The zero-order valence-corrected chi connectivity index (χ0v) is 13.1. The minimum Gasteiger partial charge on any atom is -0.493 e. The largest absolute Gasteiger partial charge is 0.493 e. The van der Waals surface area contributed by atoms with Gasteiger partial charge >= 0.3 is 0 Å². The lowest BCUT2D eigenvalue weighted by molar-refractivity contribution is 0.135. The summed E-state index contributed by atoms with van der Waals surface area (Å²) in [6.45, 7) is 0.667. The first-order valence-corrected chi connectivity index (χ1v) is 8.38. The van der Waals surface area contributed by atoms with Gasteiger partial charge in [0.2, 0.25) is 0 Å². The molecule has 2 unspecified atom stereocenters. The molecule has 2 aromatic carbocycles. The Labute approximate surface area is 134 Å². The van der Waals surface area contributed by atoms with Crippen LogP contribution in [-0.4, -0.2) is 23.6 Å². The van der Waals surface area contributed by atoms with Crippen molar-refractivity contribution in [2.75, 3.05) is 12.4 Å². The van der Waals surface area contributed by atoms with E-state index in [0.717, 1.165) is 27.7 Å². The van der Waals surface area contributed by atoms with Gasteiger partial charge in [-0.05, 0) is 36.2 Å². The van der Waals surface area contributed by atoms with Gasteiger partial charge in [0.15, 0.2) is 0 Å². The number of halogens is 1. The van der Waals surface area contributed by atoms with E-state index in [9.17, 15) is 5.11 Å². The molecule has 1 N–H and O–H groups in total. The highest BCUT2D eigenvalue weighted by Crippen LogP contribution is 2.37. The van der Waals surface area contributed by atoms with E-state index in [1.165, 1.54) is 0 Å². The Balaban J connectivity index is 1.67. The molecular formula is C17H17ClO2S. The average Bonchev–Trinajstić information content (AvgIpc) is 2.52. The average molecular weight is 321 g/mol. The summed E-state index contributed by atoms with van der Waals surface area (Å²) in [4.78, 5) is 1.09. The predicted octanol–water partition coefficient (Wildman–Crippen LogP) is 4.36. The molecule has 0 bridgehead atoms. The zero-order valence-electron chi connectivity index (χ0n) is 11.5. The molecule has 4 heteroatoms. The van der Waals surface area contributed by atoms with Gasteiger partial charge in [-0.2, -0.15) is 0 Å². The Morgan fingerprint density at radius 1 is 1.24 bits per heavy atom. The molecule has 0 saturated heterocycles. The second-order valence-electron chi connectivity index (χ2n) is 5.12. The van der Waals surface area contributed by atoms with Crippen LogP contribution in [0, 0.1) is 0 Å². The third-order valence-corrected chi connectivity index (χ3v) is 5.02. The van der Waals surface area contributed by atoms with Gasteiger partial charge in [-0.25, -0.2) is 0 Å². The van der Waals surface area contributed by atoms with Gasteiger partial charge < -0.3 is 9.84 Å². The van der Waals surface area contributed by atoms with Crippen molar-refractivity contribution in [2.45, 2.75) is 23.3 Å². The first-order chi connectivity index (χ1) is 10.2. The first kappa shape index (κ1) is 14.8. The summed E-state index contributed by atoms with van der Waals surface area (Å²) in [6.07, 6.45) is 0.466. The number of aliphatic hydroxyl groups excluding tert-OH is 1. The second-order valence-corrected chi connectivity index (χ2v) is 6.65. The van der Waals surface area contributed by atoms with Crippen LogP contribution in [0.5, 0.6) is 5.75 Å². The van der Waals surface area contributed by atoms with Crippen LogP contribution in [0.3, 0.4) is 0 Å². The first-order valence-electron chi connectivity index (χ1n) is 7.02. The second kappa shape index (κ2) is 6.73. The lowest BCUT2D eigenvalue weighted by Crippen LogP contribution is -2.26. The topological polar surface area (TPSA) is 29.5 Å². The number of rotatable bonds is 4. The molecule has 0 saturated carbocycles. The van der Waals surface area contributed by atoms with Crippen LogP contribution in [0.25, 0.3) is 0 Å². The highest BCUT2D eigenvalue weighted by Gasteiger charge is 2.27. The predicted molar refractivity (Wildman–Crippen MR) is 87.5 cm³/mol. The van der Waals surface area contributed by atoms with Crippen LogP contribution in [0.4, 0.5) is 0 Å². The molecule has 0 fully saturated rings. The van der Waals surface area contributed by atoms with Gasteiger partial charge in [-0.3, -0.25) is 0 Å². The van der Waals surface area contributed by atoms with E-state index in [1.807, 2.05) is 48.5 Å². The summed E-state index contributed by atoms with van der Waals surface area (Å²) < 4.78 is 5.65. The van der Waals surface area contributed by atoms with Crippen molar-refractivity contribution in [3.8, 4) is 5.75 Å². The number of fused-ring (bicyclic) bond motifs is 1. The van der Waals surface area contributed by atoms with Gasteiger partial charge in [-0.1, -0.05) is 35.9 Å².